The van der Waals surface area contributed by atoms with E-state index in [0.717, 1.165) is 0 Å². The van der Waals surface area contributed by atoms with Crippen molar-refractivity contribution in [2.75, 3.05) is 20.2 Å². The molecular formula is C11H23NO3. The monoisotopic (exact) mass is 217 g/mol. The first-order chi connectivity index (χ1) is 6.64. The number of carbonyl (C=O) groups excluding carboxylic acids is 1. The van der Waals surface area contributed by atoms with Gasteiger partial charge in [-0.25, -0.2) is 0 Å². The van der Waals surface area contributed by atoms with Gasteiger partial charge in [0.1, 0.15) is 5.60 Å². The predicted molar refractivity (Wildman–Crippen MR) is 59.6 cm³/mol. The van der Waals surface area contributed by atoms with Gasteiger partial charge in [-0.2, -0.15) is 0 Å². The van der Waals surface area contributed by atoms with E-state index in [2.05, 4.69) is 0 Å². The molecule has 0 aliphatic heterocycles. The smallest absolute Gasteiger partial charge is 0.254 e. The Morgan fingerprint density at radius 1 is 1.33 bits per heavy atom. The lowest BCUT2D eigenvalue weighted by molar-refractivity contribution is -0.153. The average molecular weight is 217 g/mol. The van der Waals surface area contributed by atoms with E-state index in [4.69, 9.17) is 4.74 Å². The van der Waals surface area contributed by atoms with Crippen LogP contribution in [0, 0.1) is 0 Å². The van der Waals surface area contributed by atoms with Crippen molar-refractivity contribution in [1.82, 2.24) is 4.90 Å². The first kappa shape index (κ1) is 14.4. The fourth-order valence-corrected chi connectivity index (χ4v) is 1.26. The number of aliphatic hydroxyl groups is 1. The summed E-state index contributed by atoms with van der Waals surface area (Å²) in [5.74, 6) is -0.102. The first-order valence-electron chi connectivity index (χ1n) is 5.21. The molecule has 0 fully saturated rings. The van der Waals surface area contributed by atoms with Gasteiger partial charge in [0, 0.05) is 20.2 Å². The van der Waals surface area contributed by atoms with E-state index in [9.17, 15) is 9.90 Å². The number of amides is 1. The number of likely N-dealkylation sites (N-methyl/N-ethyl adjacent to an activating group) is 1. The molecule has 0 bridgehead atoms. The SMILES string of the molecule is CCN(CC(C)(C)O)C(=O)C(C)(C)OC. The molecule has 0 aromatic rings. The number of ether oxygens (including phenoxy) is 1. The summed E-state index contributed by atoms with van der Waals surface area (Å²) in [6.45, 7) is 9.58. The van der Waals surface area contributed by atoms with Crippen LogP contribution in [0.3, 0.4) is 0 Å². The second kappa shape index (κ2) is 4.94. The average Bonchev–Trinajstić information content (AvgIpc) is 2.11. The maximum Gasteiger partial charge on any atom is 0.254 e. The fraction of sp³-hybridized carbons (Fsp3) is 0.909. The Bertz CT molecular complexity index is 218. The highest BCUT2D eigenvalue weighted by Gasteiger charge is 2.33. The van der Waals surface area contributed by atoms with Crippen LogP contribution >= 0.6 is 0 Å². The van der Waals surface area contributed by atoms with Gasteiger partial charge in [0.15, 0.2) is 0 Å². The van der Waals surface area contributed by atoms with Gasteiger partial charge < -0.3 is 14.7 Å². The van der Waals surface area contributed by atoms with Crippen molar-refractivity contribution in [2.45, 2.75) is 45.8 Å². The molecule has 1 amide bonds. The molecule has 0 heterocycles. The zero-order valence-electron chi connectivity index (χ0n) is 10.6. The summed E-state index contributed by atoms with van der Waals surface area (Å²) in [5, 5.41) is 9.67. The summed E-state index contributed by atoms with van der Waals surface area (Å²) >= 11 is 0. The lowest BCUT2D eigenvalue weighted by Crippen LogP contribution is -2.50. The van der Waals surface area contributed by atoms with Gasteiger partial charge in [-0.15, -0.1) is 0 Å². The Morgan fingerprint density at radius 3 is 2.07 bits per heavy atom. The zero-order valence-corrected chi connectivity index (χ0v) is 10.6. The van der Waals surface area contributed by atoms with E-state index in [0.29, 0.717) is 13.1 Å². The van der Waals surface area contributed by atoms with E-state index in [1.165, 1.54) is 7.11 Å². The van der Waals surface area contributed by atoms with Gasteiger partial charge >= 0.3 is 0 Å². The molecule has 0 spiro atoms. The summed E-state index contributed by atoms with van der Waals surface area (Å²) in [6.07, 6.45) is 0. The maximum atomic E-state index is 12.0. The topological polar surface area (TPSA) is 49.8 Å². The van der Waals surface area contributed by atoms with Crippen LogP contribution in [0.2, 0.25) is 0 Å². The second-order valence-corrected chi connectivity index (χ2v) is 4.85. The van der Waals surface area contributed by atoms with Gasteiger partial charge in [0.25, 0.3) is 5.91 Å². The van der Waals surface area contributed by atoms with Crippen LogP contribution in [0.1, 0.15) is 34.6 Å². The molecule has 0 aliphatic rings. The van der Waals surface area contributed by atoms with E-state index in [1.54, 1.807) is 32.6 Å². The van der Waals surface area contributed by atoms with E-state index >= 15 is 0 Å². The van der Waals surface area contributed by atoms with Crippen molar-refractivity contribution in [3.8, 4) is 0 Å². The van der Waals surface area contributed by atoms with Crippen LogP contribution in [0.25, 0.3) is 0 Å². The molecule has 4 heteroatoms. The molecule has 15 heavy (non-hydrogen) atoms. The zero-order chi connectivity index (χ0) is 12.3. The highest BCUT2D eigenvalue weighted by molar-refractivity contribution is 5.84. The summed E-state index contributed by atoms with van der Waals surface area (Å²) in [4.78, 5) is 13.6. The summed E-state index contributed by atoms with van der Waals surface area (Å²) in [5.41, 5.74) is -1.71. The van der Waals surface area contributed by atoms with E-state index < -0.39 is 11.2 Å². The van der Waals surface area contributed by atoms with Gasteiger partial charge in [0.05, 0.1) is 5.60 Å². The summed E-state index contributed by atoms with van der Waals surface area (Å²) in [6, 6.07) is 0. The molecule has 1 N–H and O–H groups in total. The Labute approximate surface area is 92.2 Å². The number of hydrogen-bond acceptors (Lipinski definition) is 3. The van der Waals surface area contributed by atoms with Crippen molar-refractivity contribution in [1.29, 1.82) is 0 Å². The number of carbonyl (C=O) groups is 1. The van der Waals surface area contributed by atoms with Crippen molar-refractivity contribution in [2.24, 2.45) is 0 Å². The van der Waals surface area contributed by atoms with Crippen molar-refractivity contribution >= 4 is 5.91 Å². The number of methoxy groups -OCH3 is 1. The van der Waals surface area contributed by atoms with Gasteiger partial charge in [0.2, 0.25) is 0 Å². The Morgan fingerprint density at radius 2 is 1.80 bits per heavy atom. The minimum atomic E-state index is -0.879. The van der Waals surface area contributed by atoms with Crippen LogP contribution in [0.15, 0.2) is 0 Å². The van der Waals surface area contributed by atoms with E-state index in [-0.39, 0.29) is 5.91 Å². The highest BCUT2D eigenvalue weighted by Crippen LogP contribution is 2.14. The molecule has 0 saturated carbocycles. The number of rotatable bonds is 5. The van der Waals surface area contributed by atoms with Crippen molar-refractivity contribution in [3.63, 3.8) is 0 Å². The quantitative estimate of drug-likeness (QED) is 0.748. The molecule has 0 unspecified atom stereocenters. The molecule has 0 aromatic heterocycles. The fourth-order valence-electron chi connectivity index (χ4n) is 1.26. The summed E-state index contributed by atoms with van der Waals surface area (Å²) < 4.78 is 5.12. The molecule has 0 radical (unpaired) electrons. The molecule has 0 saturated heterocycles. The minimum absolute atomic E-state index is 0.102. The van der Waals surface area contributed by atoms with Crippen LogP contribution < -0.4 is 0 Å². The first-order valence-corrected chi connectivity index (χ1v) is 5.21. The lowest BCUT2D eigenvalue weighted by Gasteiger charge is -2.33. The Balaban J connectivity index is 4.63. The third-order valence-corrected chi connectivity index (χ3v) is 2.27. The maximum absolute atomic E-state index is 12.0. The van der Waals surface area contributed by atoms with Crippen LogP contribution in [-0.2, 0) is 9.53 Å². The molecular weight excluding hydrogens is 194 g/mol. The highest BCUT2D eigenvalue weighted by atomic mass is 16.5. The second-order valence-electron chi connectivity index (χ2n) is 4.85. The van der Waals surface area contributed by atoms with Crippen molar-refractivity contribution < 1.29 is 14.6 Å². The van der Waals surface area contributed by atoms with Crippen LogP contribution in [0.4, 0.5) is 0 Å². The summed E-state index contributed by atoms with van der Waals surface area (Å²) in [7, 11) is 1.51. The lowest BCUT2D eigenvalue weighted by atomic mass is 10.1. The van der Waals surface area contributed by atoms with Crippen LogP contribution in [0.5, 0.6) is 0 Å². The number of hydrogen-bond donors (Lipinski definition) is 1. The van der Waals surface area contributed by atoms with Gasteiger partial charge in [-0.1, -0.05) is 0 Å². The Hall–Kier alpha value is -0.610. The molecule has 0 aromatic carbocycles. The molecule has 90 valence electrons. The molecule has 4 nitrogen and oxygen atoms in total. The van der Waals surface area contributed by atoms with Crippen LogP contribution in [-0.4, -0.2) is 47.3 Å². The van der Waals surface area contributed by atoms with E-state index in [1.807, 2.05) is 6.92 Å². The normalized spacial score (nSPS) is 12.7. The Kier molecular flexibility index (Phi) is 4.74. The number of nitrogens with zero attached hydrogens (tertiary/aromatic N) is 1. The van der Waals surface area contributed by atoms with Gasteiger partial charge in [-0.05, 0) is 34.6 Å². The third kappa shape index (κ3) is 4.62. The largest absolute Gasteiger partial charge is 0.389 e. The molecule has 0 atom stereocenters. The third-order valence-electron chi connectivity index (χ3n) is 2.27. The minimum Gasteiger partial charge on any atom is -0.389 e. The molecule has 0 aliphatic carbocycles. The molecule has 0 rings (SSSR count). The van der Waals surface area contributed by atoms with Crippen molar-refractivity contribution in [3.05, 3.63) is 0 Å². The van der Waals surface area contributed by atoms with Gasteiger partial charge in [-0.3, -0.25) is 4.79 Å². The predicted octanol–water partition coefficient (Wildman–Crippen LogP) is 1.03. The standard InChI is InChI=1S/C11H23NO3/c1-7-12(8-10(2,3)14)9(13)11(4,5)15-6/h14H,7-8H2,1-6H3.